The highest BCUT2D eigenvalue weighted by Gasteiger charge is 2.20. The topological polar surface area (TPSA) is 60.2 Å². The van der Waals surface area contributed by atoms with E-state index in [1.54, 1.807) is 23.3 Å². The van der Waals surface area contributed by atoms with Crippen LogP contribution in [0.2, 0.25) is 0 Å². The van der Waals surface area contributed by atoms with Crippen LogP contribution in [0.3, 0.4) is 0 Å². The van der Waals surface area contributed by atoms with E-state index in [0.29, 0.717) is 10.9 Å². The van der Waals surface area contributed by atoms with Gasteiger partial charge in [0.05, 0.1) is 23.4 Å². The summed E-state index contributed by atoms with van der Waals surface area (Å²) in [6, 6.07) is 11.8. The number of hydrogen-bond acceptors (Lipinski definition) is 6. The predicted molar refractivity (Wildman–Crippen MR) is 114 cm³/mol. The van der Waals surface area contributed by atoms with Gasteiger partial charge in [-0.3, -0.25) is 9.36 Å². The van der Waals surface area contributed by atoms with Gasteiger partial charge < -0.3 is 9.64 Å². The summed E-state index contributed by atoms with van der Waals surface area (Å²) in [6.45, 7) is 2.89. The van der Waals surface area contributed by atoms with Crippen LogP contribution in [0.1, 0.15) is 19.8 Å². The third-order valence-electron chi connectivity index (χ3n) is 4.30. The Morgan fingerprint density at radius 2 is 2.07 bits per heavy atom. The van der Waals surface area contributed by atoms with E-state index in [1.165, 1.54) is 11.8 Å². The number of unbranched alkanes of at least 4 members (excludes halogenated alkanes) is 1. The molecule has 0 atom stereocenters. The molecule has 0 fully saturated rings. The molecule has 0 N–H and O–H groups in total. The van der Waals surface area contributed by atoms with Crippen molar-refractivity contribution in [2.75, 3.05) is 26.5 Å². The smallest absolute Gasteiger partial charge is 0.232 e. The van der Waals surface area contributed by atoms with Crippen molar-refractivity contribution in [2.24, 2.45) is 0 Å². The summed E-state index contributed by atoms with van der Waals surface area (Å²) in [5.41, 5.74) is 0.854. The maximum atomic E-state index is 12.5. The molecule has 0 unspecified atom stereocenters. The maximum absolute atomic E-state index is 12.5. The Hall–Kier alpha value is -2.32. The molecule has 0 saturated carbocycles. The van der Waals surface area contributed by atoms with Gasteiger partial charge in [0.25, 0.3) is 0 Å². The Morgan fingerprint density at radius 3 is 2.79 bits per heavy atom. The molecule has 0 aliphatic carbocycles. The van der Waals surface area contributed by atoms with Crippen LogP contribution < -0.4 is 4.74 Å². The van der Waals surface area contributed by atoms with E-state index in [4.69, 9.17) is 4.74 Å². The number of thioether (sulfide) groups is 1. The number of methoxy groups -OCH3 is 1. The summed E-state index contributed by atoms with van der Waals surface area (Å²) in [4.78, 5) is 15.2. The number of rotatable bonds is 9. The van der Waals surface area contributed by atoms with Gasteiger partial charge in [0, 0.05) is 13.6 Å². The highest BCUT2D eigenvalue weighted by atomic mass is 32.2. The Kier molecular flexibility index (Phi) is 7.11. The van der Waals surface area contributed by atoms with Crippen LogP contribution in [0.5, 0.6) is 5.75 Å². The summed E-state index contributed by atoms with van der Waals surface area (Å²) in [5.74, 6) is 1.88. The van der Waals surface area contributed by atoms with Gasteiger partial charge in [-0.25, -0.2) is 0 Å². The minimum absolute atomic E-state index is 0.0886. The third-order valence-corrected chi connectivity index (χ3v) is 6.08. The second kappa shape index (κ2) is 9.75. The van der Waals surface area contributed by atoms with Crippen LogP contribution in [-0.2, 0) is 4.79 Å². The van der Waals surface area contributed by atoms with Crippen LogP contribution in [0.25, 0.3) is 16.4 Å². The van der Waals surface area contributed by atoms with Crippen molar-refractivity contribution in [1.29, 1.82) is 0 Å². The fraction of sp³-hybridized carbons (Fsp3) is 0.350. The molecule has 3 aromatic rings. The molecule has 8 heteroatoms. The van der Waals surface area contributed by atoms with Gasteiger partial charge in [-0.15, -0.1) is 21.5 Å². The second-order valence-electron chi connectivity index (χ2n) is 6.25. The monoisotopic (exact) mass is 416 g/mol. The summed E-state index contributed by atoms with van der Waals surface area (Å²) in [7, 11) is 3.49. The largest absolute Gasteiger partial charge is 0.495 e. The average Bonchev–Trinajstić information content (AvgIpc) is 3.39. The zero-order valence-corrected chi connectivity index (χ0v) is 17.9. The lowest BCUT2D eigenvalue weighted by atomic mass is 10.3. The van der Waals surface area contributed by atoms with E-state index in [9.17, 15) is 4.79 Å². The van der Waals surface area contributed by atoms with E-state index in [1.807, 2.05) is 53.4 Å². The van der Waals surface area contributed by atoms with E-state index in [0.717, 1.165) is 41.5 Å². The minimum Gasteiger partial charge on any atom is -0.495 e. The summed E-state index contributed by atoms with van der Waals surface area (Å²) in [6.07, 6.45) is 2.07. The lowest BCUT2D eigenvalue weighted by molar-refractivity contribution is -0.127. The first-order valence-corrected chi connectivity index (χ1v) is 11.0. The third kappa shape index (κ3) is 4.56. The average molecular weight is 417 g/mol. The number of carbonyl (C=O) groups is 1. The van der Waals surface area contributed by atoms with E-state index >= 15 is 0 Å². The Morgan fingerprint density at radius 1 is 1.25 bits per heavy atom. The molecule has 0 aliphatic rings. The number of ether oxygens (including phenoxy) is 1. The van der Waals surface area contributed by atoms with Crippen molar-refractivity contribution in [3.05, 3.63) is 41.8 Å². The molecule has 0 saturated heterocycles. The number of benzene rings is 1. The van der Waals surface area contributed by atoms with E-state index < -0.39 is 0 Å². The molecule has 0 aliphatic heterocycles. The SMILES string of the molecule is CCCCN(C)C(=O)CSc1nnc(-c2cccs2)n1-c1ccccc1OC. The van der Waals surface area contributed by atoms with Gasteiger partial charge in [0.2, 0.25) is 5.91 Å². The number of amides is 1. The van der Waals surface area contributed by atoms with Crippen molar-refractivity contribution in [3.8, 4) is 22.1 Å². The van der Waals surface area contributed by atoms with E-state index in [-0.39, 0.29) is 5.91 Å². The zero-order valence-electron chi connectivity index (χ0n) is 16.3. The quantitative estimate of drug-likeness (QED) is 0.485. The minimum atomic E-state index is 0.0886. The Bertz CT molecular complexity index is 909. The van der Waals surface area contributed by atoms with Crippen LogP contribution in [0, 0.1) is 0 Å². The second-order valence-corrected chi connectivity index (χ2v) is 8.14. The van der Waals surface area contributed by atoms with Crippen molar-refractivity contribution >= 4 is 29.0 Å². The van der Waals surface area contributed by atoms with Crippen molar-refractivity contribution < 1.29 is 9.53 Å². The van der Waals surface area contributed by atoms with Gasteiger partial charge in [-0.2, -0.15) is 0 Å². The molecular formula is C20H24N4O2S2. The highest BCUT2D eigenvalue weighted by molar-refractivity contribution is 7.99. The van der Waals surface area contributed by atoms with Gasteiger partial charge in [-0.05, 0) is 30.0 Å². The fourth-order valence-electron chi connectivity index (χ4n) is 2.72. The standard InChI is InChI=1S/C20H24N4O2S2/c1-4-5-12-23(2)18(25)14-28-20-22-21-19(17-11-8-13-27-17)24(20)15-9-6-7-10-16(15)26-3/h6-11,13H,4-5,12,14H2,1-3H3. The first-order chi connectivity index (χ1) is 13.7. The van der Waals surface area contributed by atoms with Crippen LogP contribution >= 0.6 is 23.1 Å². The molecule has 2 heterocycles. The molecule has 1 amide bonds. The molecule has 0 radical (unpaired) electrons. The zero-order chi connectivity index (χ0) is 19.9. The lowest BCUT2D eigenvalue weighted by Gasteiger charge is -2.17. The Balaban J connectivity index is 1.91. The molecule has 148 valence electrons. The normalized spacial score (nSPS) is 10.8. The van der Waals surface area contributed by atoms with Crippen molar-refractivity contribution in [1.82, 2.24) is 19.7 Å². The number of thiophene rings is 1. The van der Waals surface area contributed by atoms with Gasteiger partial charge in [-0.1, -0.05) is 43.3 Å². The maximum Gasteiger partial charge on any atom is 0.232 e. The van der Waals surface area contributed by atoms with Gasteiger partial charge in [0.15, 0.2) is 11.0 Å². The summed E-state index contributed by atoms with van der Waals surface area (Å²) >= 11 is 3.00. The first kappa shape index (κ1) is 20.4. The summed E-state index contributed by atoms with van der Waals surface area (Å²) < 4.78 is 7.51. The first-order valence-electron chi connectivity index (χ1n) is 9.15. The highest BCUT2D eigenvalue weighted by Crippen LogP contribution is 2.34. The number of carbonyl (C=O) groups excluding carboxylic acids is 1. The van der Waals surface area contributed by atoms with E-state index in [2.05, 4.69) is 17.1 Å². The number of para-hydroxylation sites is 2. The number of aromatic nitrogens is 3. The number of nitrogens with zero attached hydrogens (tertiary/aromatic N) is 4. The molecule has 1 aromatic carbocycles. The predicted octanol–water partition coefficient (Wildman–Crippen LogP) is 4.36. The molecular weight excluding hydrogens is 392 g/mol. The summed E-state index contributed by atoms with van der Waals surface area (Å²) in [5, 5.41) is 11.5. The molecule has 2 aromatic heterocycles. The molecule has 0 bridgehead atoms. The number of hydrogen-bond donors (Lipinski definition) is 0. The Labute approximate surface area is 173 Å². The molecule has 6 nitrogen and oxygen atoms in total. The van der Waals surface area contributed by atoms with Crippen molar-refractivity contribution in [2.45, 2.75) is 24.9 Å². The molecule has 3 rings (SSSR count). The fourth-order valence-corrected chi connectivity index (χ4v) is 4.30. The lowest BCUT2D eigenvalue weighted by Crippen LogP contribution is -2.29. The molecule has 28 heavy (non-hydrogen) atoms. The van der Waals surface area contributed by atoms with Gasteiger partial charge in [0.1, 0.15) is 5.75 Å². The van der Waals surface area contributed by atoms with Crippen molar-refractivity contribution in [3.63, 3.8) is 0 Å². The van der Waals surface area contributed by atoms with Crippen LogP contribution in [-0.4, -0.2) is 52.0 Å². The molecule has 0 spiro atoms. The van der Waals surface area contributed by atoms with Gasteiger partial charge >= 0.3 is 0 Å². The van der Waals surface area contributed by atoms with Crippen LogP contribution in [0.4, 0.5) is 0 Å². The van der Waals surface area contributed by atoms with Crippen LogP contribution in [0.15, 0.2) is 46.9 Å².